The summed E-state index contributed by atoms with van der Waals surface area (Å²) < 4.78 is 0. The van der Waals surface area contributed by atoms with Crippen LogP contribution in [-0.2, 0) is 9.59 Å². The standard InChI is InChI=1S/C10H16N2O4/c11-10(2-1-3-10)9(16)12-5-6(13)4-7(12)8(14)15/h6-7,13H,1-5,11H2,(H,14,15). The normalized spacial score (nSPS) is 32.2. The molecule has 1 heterocycles. The summed E-state index contributed by atoms with van der Waals surface area (Å²) in [4.78, 5) is 24.2. The van der Waals surface area contributed by atoms with E-state index in [0.717, 1.165) is 6.42 Å². The van der Waals surface area contributed by atoms with E-state index >= 15 is 0 Å². The second kappa shape index (κ2) is 3.71. The lowest BCUT2D eigenvalue weighted by molar-refractivity contribution is -0.152. The minimum atomic E-state index is -1.08. The summed E-state index contributed by atoms with van der Waals surface area (Å²) in [5.74, 6) is -1.41. The van der Waals surface area contributed by atoms with Gasteiger partial charge < -0.3 is 20.8 Å². The van der Waals surface area contributed by atoms with Crippen molar-refractivity contribution >= 4 is 11.9 Å². The number of likely N-dealkylation sites (tertiary alicyclic amines) is 1. The number of hydrogen-bond donors (Lipinski definition) is 3. The predicted molar refractivity (Wildman–Crippen MR) is 54.5 cm³/mol. The molecule has 0 aromatic carbocycles. The Morgan fingerprint density at radius 3 is 2.44 bits per heavy atom. The molecular weight excluding hydrogens is 212 g/mol. The molecule has 2 rings (SSSR count). The van der Waals surface area contributed by atoms with Gasteiger partial charge in [0.2, 0.25) is 5.91 Å². The van der Waals surface area contributed by atoms with Crippen LogP contribution in [0, 0.1) is 0 Å². The summed E-state index contributed by atoms with van der Waals surface area (Å²) in [6, 6.07) is -0.927. The maximum absolute atomic E-state index is 12.0. The van der Waals surface area contributed by atoms with Crippen LogP contribution >= 0.6 is 0 Å². The Kier molecular flexibility index (Phi) is 2.63. The average molecular weight is 228 g/mol. The molecule has 2 fully saturated rings. The van der Waals surface area contributed by atoms with E-state index in [9.17, 15) is 14.7 Å². The molecule has 1 aliphatic heterocycles. The van der Waals surface area contributed by atoms with Gasteiger partial charge in [-0.25, -0.2) is 4.79 Å². The Bertz CT molecular complexity index is 327. The zero-order valence-corrected chi connectivity index (χ0v) is 8.93. The number of aliphatic hydroxyl groups excluding tert-OH is 1. The van der Waals surface area contributed by atoms with E-state index in [1.807, 2.05) is 0 Å². The maximum Gasteiger partial charge on any atom is 0.326 e. The molecule has 0 aromatic rings. The highest BCUT2D eigenvalue weighted by atomic mass is 16.4. The predicted octanol–water partition coefficient (Wildman–Crippen LogP) is -1.09. The Hall–Kier alpha value is -1.14. The summed E-state index contributed by atoms with van der Waals surface area (Å²) >= 11 is 0. The van der Waals surface area contributed by atoms with Crippen LogP contribution in [0.4, 0.5) is 0 Å². The second-order valence-electron chi connectivity index (χ2n) is 4.71. The summed E-state index contributed by atoms with van der Waals surface area (Å²) in [5, 5.41) is 18.4. The molecule has 6 heteroatoms. The van der Waals surface area contributed by atoms with Gasteiger partial charge in [0.25, 0.3) is 0 Å². The maximum atomic E-state index is 12.0. The molecule has 0 bridgehead atoms. The van der Waals surface area contributed by atoms with Gasteiger partial charge in [-0.05, 0) is 19.3 Å². The van der Waals surface area contributed by atoms with Crippen molar-refractivity contribution in [2.45, 2.75) is 43.4 Å². The van der Waals surface area contributed by atoms with E-state index in [1.54, 1.807) is 0 Å². The molecule has 2 atom stereocenters. The van der Waals surface area contributed by atoms with E-state index in [1.165, 1.54) is 4.90 Å². The van der Waals surface area contributed by atoms with Crippen LogP contribution in [0.25, 0.3) is 0 Å². The Labute approximate surface area is 93.0 Å². The van der Waals surface area contributed by atoms with Crippen molar-refractivity contribution < 1.29 is 19.8 Å². The van der Waals surface area contributed by atoms with Crippen molar-refractivity contribution in [3.63, 3.8) is 0 Å². The van der Waals surface area contributed by atoms with Gasteiger partial charge in [-0.2, -0.15) is 0 Å². The van der Waals surface area contributed by atoms with Crippen LogP contribution in [0.1, 0.15) is 25.7 Å². The van der Waals surface area contributed by atoms with Crippen LogP contribution in [0.2, 0.25) is 0 Å². The van der Waals surface area contributed by atoms with Gasteiger partial charge in [-0.1, -0.05) is 0 Å². The number of aliphatic carboxylic acids is 1. The third-order valence-electron chi connectivity index (χ3n) is 3.50. The number of carbonyl (C=O) groups excluding carboxylic acids is 1. The first-order chi connectivity index (χ1) is 7.44. The minimum Gasteiger partial charge on any atom is -0.480 e. The second-order valence-corrected chi connectivity index (χ2v) is 4.71. The number of carboxylic acids is 1. The average Bonchev–Trinajstić information content (AvgIpc) is 2.55. The van der Waals surface area contributed by atoms with Gasteiger partial charge in [0.1, 0.15) is 6.04 Å². The molecule has 1 amide bonds. The summed E-state index contributed by atoms with van der Waals surface area (Å²) in [6.45, 7) is 0.0781. The molecular formula is C10H16N2O4. The molecule has 0 spiro atoms. The molecule has 1 saturated carbocycles. The molecule has 1 saturated heterocycles. The number of aliphatic hydroxyl groups is 1. The van der Waals surface area contributed by atoms with Crippen LogP contribution < -0.4 is 5.73 Å². The Morgan fingerprint density at radius 1 is 1.38 bits per heavy atom. The van der Waals surface area contributed by atoms with Gasteiger partial charge >= 0.3 is 5.97 Å². The van der Waals surface area contributed by atoms with Gasteiger partial charge in [0, 0.05) is 13.0 Å². The Balaban J connectivity index is 2.13. The highest BCUT2D eigenvalue weighted by Crippen LogP contribution is 2.33. The number of nitrogens with two attached hydrogens (primary N) is 1. The van der Waals surface area contributed by atoms with Crippen LogP contribution in [-0.4, -0.2) is 51.2 Å². The largest absolute Gasteiger partial charge is 0.480 e. The molecule has 16 heavy (non-hydrogen) atoms. The number of amides is 1. The third-order valence-corrected chi connectivity index (χ3v) is 3.50. The van der Waals surface area contributed by atoms with Crippen molar-refractivity contribution in [3.8, 4) is 0 Å². The first kappa shape index (κ1) is 11.3. The zero-order valence-electron chi connectivity index (χ0n) is 8.93. The lowest BCUT2D eigenvalue weighted by Crippen LogP contribution is -2.61. The first-order valence-corrected chi connectivity index (χ1v) is 5.45. The highest BCUT2D eigenvalue weighted by molar-refractivity contribution is 5.91. The van der Waals surface area contributed by atoms with Gasteiger partial charge in [0.05, 0.1) is 11.6 Å². The van der Waals surface area contributed by atoms with E-state index in [-0.39, 0.29) is 18.9 Å². The molecule has 2 aliphatic rings. The van der Waals surface area contributed by atoms with Crippen molar-refractivity contribution in [1.29, 1.82) is 0 Å². The lowest BCUT2D eigenvalue weighted by atomic mass is 9.76. The topological polar surface area (TPSA) is 104 Å². The van der Waals surface area contributed by atoms with E-state index < -0.39 is 23.7 Å². The zero-order chi connectivity index (χ0) is 11.9. The summed E-state index contributed by atoms with van der Waals surface area (Å²) in [5.41, 5.74) is 4.98. The number of hydrogen-bond acceptors (Lipinski definition) is 4. The number of rotatable bonds is 2. The van der Waals surface area contributed by atoms with E-state index in [2.05, 4.69) is 0 Å². The SMILES string of the molecule is NC1(C(=O)N2CC(O)CC2C(=O)O)CCC1. The number of carboxylic acid groups (broad SMARTS) is 1. The molecule has 0 radical (unpaired) electrons. The number of nitrogens with zero attached hydrogens (tertiary/aromatic N) is 1. The molecule has 90 valence electrons. The van der Waals surface area contributed by atoms with Crippen molar-refractivity contribution in [1.82, 2.24) is 4.90 Å². The number of carbonyl (C=O) groups is 2. The third kappa shape index (κ3) is 1.68. The van der Waals surface area contributed by atoms with E-state index in [4.69, 9.17) is 10.8 Å². The summed E-state index contributed by atoms with van der Waals surface area (Å²) in [7, 11) is 0. The molecule has 4 N–H and O–H groups in total. The lowest BCUT2D eigenvalue weighted by Gasteiger charge is -2.40. The molecule has 1 aliphatic carbocycles. The van der Waals surface area contributed by atoms with Crippen LogP contribution in [0.5, 0.6) is 0 Å². The van der Waals surface area contributed by atoms with Crippen LogP contribution in [0.15, 0.2) is 0 Å². The van der Waals surface area contributed by atoms with Gasteiger partial charge in [-0.15, -0.1) is 0 Å². The fraction of sp³-hybridized carbons (Fsp3) is 0.800. The smallest absolute Gasteiger partial charge is 0.326 e. The monoisotopic (exact) mass is 228 g/mol. The van der Waals surface area contributed by atoms with Crippen molar-refractivity contribution in [2.75, 3.05) is 6.54 Å². The molecule has 0 aromatic heterocycles. The first-order valence-electron chi connectivity index (χ1n) is 5.45. The van der Waals surface area contributed by atoms with Gasteiger partial charge in [-0.3, -0.25) is 4.79 Å². The Morgan fingerprint density at radius 2 is 2.00 bits per heavy atom. The van der Waals surface area contributed by atoms with E-state index in [0.29, 0.717) is 12.8 Å². The minimum absolute atomic E-state index is 0.0781. The van der Waals surface area contributed by atoms with Crippen molar-refractivity contribution in [2.24, 2.45) is 5.73 Å². The molecule has 2 unspecified atom stereocenters. The molecule has 6 nitrogen and oxygen atoms in total. The fourth-order valence-corrected chi connectivity index (χ4v) is 2.33. The fourth-order valence-electron chi connectivity index (χ4n) is 2.33. The van der Waals surface area contributed by atoms with Gasteiger partial charge in [0.15, 0.2) is 0 Å². The highest BCUT2D eigenvalue weighted by Gasteiger charge is 2.48. The summed E-state index contributed by atoms with van der Waals surface area (Å²) in [6.07, 6.45) is 1.44. The van der Waals surface area contributed by atoms with Crippen molar-refractivity contribution in [3.05, 3.63) is 0 Å². The quantitative estimate of drug-likeness (QED) is 0.557. The van der Waals surface area contributed by atoms with Crippen LogP contribution in [0.3, 0.4) is 0 Å². The number of β-amino-alcohol motifs (C(OH)–C–C–N with tert-alkyl or cyclic N) is 1.